The van der Waals surface area contributed by atoms with Gasteiger partial charge in [0.15, 0.2) is 11.0 Å². The van der Waals surface area contributed by atoms with Crippen molar-refractivity contribution in [2.45, 2.75) is 24.0 Å². The number of rotatable bonds is 9. The maximum absolute atomic E-state index is 12.8. The molecule has 0 aliphatic heterocycles. The van der Waals surface area contributed by atoms with E-state index in [1.807, 2.05) is 71.4 Å². The van der Waals surface area contributed by atoms with Crippen molar-refractivity contribution in [3.8, 4) is 5.69 Å². The van der Waals surface area contributed by atoms with Crippen LogP contribution in [0, 0.1) is 0 Å². The minimum absolute atomic E-state index is 0.179. The van der Waals surface area contributed by atoms with Crippen molar-refractivity contribution in [1.82, 2.24) is 29.9 Å². The molecule has 1 amide bonds. The first-order valence-corrected chi connectivity index (χ1v) is 12.7. The van der Waals surface area contributed by atoms with Gasteiger partial charge in [0.05, 0.1) is 18.8 Å². The van der Waals surface area contributed by atoms with Gasteiger partial charge in [0.25, 0.3) is 5.91 Å². The van der Waals surface area contributed by atoms with Crippen LogP contribution in [-0.4, -0.2) is 30.5 Å². The molecule has 9 heteroatoms. The number of hydrogen-bond acceptors (Lipinski definition) is 5. The van der Waals surface area contributed by atoms with E-state index in [2.05, 4.69) is 32.7 Å². The van der Waals surface area contributed by atoms with Gasteiger partial charge in [-0.1, -0.05) is 71.9 Å². The quantitative estimate of drug-likeness (QED) is 0.267. The van der Waals surface area contributed by atoms with Crippen LogP contribution in [0.2, 0.25) is 5.02 Å². The Morgan fingerprint density at radius 1 is 0.917 bits per heavy atom. The van der Waals surface area contributed by atoms with Gasteiger partial charge in [-0.25, -0.2) is 4.68 Å². The third-order valence-electron chi connectivity index (χ3n) is 5.60. The molecule has 7 nitrogen and oxygen atoms in total. The molecular formula is C27H23ClN6OS. The molecule has 0 unspecified atom stereocenters. The van der Waals surface area contributed by atoms with E-state index < -0.39 is 0 Å². The monoisotopic (exact) mass is 514 g/mol. The van der Waals surface area contributed by atoms with Gasteiger partial charge in [-0.15, -0.1) is 10.2 Å². The van der Waals surface area contributed by atoms with Crippen LogP contribution >= 0.6 is 23.4 Å². The van der Waals surface area contributed by atoms with E-state index in [0.717, 1.165) is 27.0 Å². The summed E-state index contributed by atoms with van der Waals surface area (Å²) in [5, 5.41) is 17.5. The van der Waals surface area contributed by atoms with Gasteiger partial charge >= 0.3 is 0 Å². The minimum atomic E-state index is -0.179. The first-order valence-electron chi connectivity index (χ1n) is 11.4. The molecule has 36 heavy (non-hydrogen) atoms. The number of thioether (sulfide) groups is 1. The summed E-state index contributed by atoms with van der Waals surface area (Å²) in [6, 6.07) is 27.0. The highest BCUT2D eigenvalue weighted by Gasteiger charge is 2.15. The van der Waals surface area contributed by atoms with E-state index in [9.17, 15) is 4.79 Å². The van der Waals surface area contributed by atoms with Gasteiger partial charge in [-0.05, 0) is 47.5 Å². The van der Waals surface area contributed by atoms with Crippen molar-refractivity contribution in [3.63, 3.8) is 0 Å². The van der Waals surface area contributed by atoms with Crippen molar-refractivity contribution in [3.05, 3.63) is 125 Å². The van der Waals surface area contributed by atoms with Crippen LogP contribution in [0.3, 0.4) is 0 Å². The fourth-order valence-corrected chi connectivity index (χ4v) is 4.93. The van der Waals surface area contributed by atoms with Gasteiger partial charge < -0.3 is 9.88 Å². The topological polar surface area (TPSA) is 77.6 Å². The van der Waals surface area contributed by atoms with Crippen LogP contribution in [0.15, 0.2) is 102 Å². The summed E-state index contributed by atoms with van der Waals surface area (Å²) in [5.41, 5.74) is 3.61. The molecule has 2 aromatic heterocycles. The van der Waals surface area contributed by atoms with Crippen LogP contribution in [0.25, 0.3) is 5.69 Å². The van der Waals surface area contributed by atoms with Crippen LogP contribution in [0.4, 0.5) is 0 Å². The molecule has 3 aromatic carbocycles. The summed E-state index contributed by atoms with van der Waals surface area (Å²) in [5.74, 6) is 1.17. The molecule has 0 atom stereocenters. The fraction of sp³-hybridized carbons (Fsp3) is 0.111. The zero-order valence-corrected chi connectivity index (χ0v) is 20.9. The molecule has 5 aromatic rings. The lowest BCUT2D eigenvalue weighted by Gasteiger charge is -2.12. The Kier molecular flexibility index (Phi) is 7.44. The summed E-state index contributed by atoms with van der Waals surface area (Å²) >= 11 is 7.91. The second kappa shape index (κ2) is 11.2. The Hall–Kier alpha value is -3.88. The third-order valence-corrected chi connectivity index (χ3v) is 6.98. The number of amides is 1. The molecule has 0 radical (unpaired) electrons. The first-order chi connectivity index (χ1) is 17.7. The van der Waals surface area contributed by atoms with Gasteiger partial charge in [0.2, 0.25) is 0 Å². The van der Waals surface area contributed by atoms with Gasteiger partial charge in [0.1, 0.15) is 0 Å². The Bertz CT molecular complexity index is 1440. The first kappa shape index (κ1) is 23.8. The van der Waals surface area contributed by atoms with Crippen LogP contribution in [0.1, 0.15) is 27.3 Å². The molecule has 0 spiro atoms. The number of halogens is 1. The average Bonchev–Trinajstić information content (AvgIpc) is 3.58. The van der Waals surface area contributed by atoms with Gasteiger partial charge in [0, 0.05) is 28.7 Å². The number of carbonyl (C=O) groups excluding carboxylic acids is 1. The second-order valence-corrected chi connectivity index (χ2v) is 9.38. The second-order valence-electron chi connectivity index (χ2n) is 8.03. The molecule has 5 rings (SSSR count). The molecule has 0 bridgehead atoms. The van der Waals surface area contributed by atoms with Crippen molar-refractivity contribution < 1.29 is 4.79 Å². The lowest BCUT2D eigenvalue weighted by atomic mass is 10.2. The molecule has 0 aliphatic rings. The number of aromatic nitrogens is 5. The van der Waals surface area contributed by atoms with E-state index in [1.54, 1.807) is 34.8 Å². The normalized spacial score (nSPS) is 10.9. The van der Waals surface area contributed by atoms with Crippen LogP contribution in [-0.2, 0) is 18.8 Å². The maximum atomic E-state index is 12.8. The van der Waals surface area contributed by atoms with E-state index >= 15 is 0 Å². The molecular weight excluding hydrogens is 492 g/mol. The largest absolute Gasteiger partial charge is 0.345 e. The molecule has 2 heterocycles. The SMILES string of the molecule is O=C(NCc1nnc(SCc2ccccc2Cl)n1Cc1ccccc1)c1ccc(-n2cccn2)cc1. The van der Waals surface area contributed by atoms with Crippen molar-refractivity contribution in [2.75, 3.05) is 0 Å². The summed E-state index contributed by atoms with van der Waals surface area (Å²) < 4.78 is 3.79. The zero-order valence-electron chi connectivity index (χ0n) is 19.3. The maximum Gasteiger partial charge on any atom is 0.251 e. The predicted octanol–water partition coefficient (Wildman–Crippen LogP) is 5.39. The third kappa shape index (κ3) is 5.67. The van der Waals surface area contributed by atoms with E-state index in [0.29, 0.717) is 23.7 Å². The molecule has 1 N–H and O–H groups in total. The average molecular weight is 515 g/mol. The number of benzene rings is 3. The highest BCUT2D eigenvalue weighted by molar-refractivity contribution is 7.98. The van der Waals surface area contributed by atoms with Crippen molar-refractivity contribution in [1.29, 1.82) is 0 Å². The Morgan fingerprint density at radius 2 is 1.69 bits per heavy atom. The number of nitrogens with one attached hydrogen (secondary N) is 1. The van der Waals surface area contributed by atoms with E-state index in [-0.39, 0.29) is 12.5 Å². The number of hydrogen-bond donors (Lipinski definition) is 1. The van der Waals surface area contributed by atoms with Crippen LogP contribution in [0.5, 0.6) is 0 Å². The lowest BCUT2D eigenvalue weighted by Crippen LogP contribution is -2.25. The van der Waals surface area contributed by atoms with Gasteiger partial charge in [-0.3, -0.25) is 4.79 Å². The van der Waals surface area contributed by atoms with E-state index in [1.165, 1.54) is 0 Å². The molecule has 0 saturated heterocycles. The van der Waals surface area contributed by atoms with Crippen molar-refractivity contribution in [2.24, 2.45) is 0 Å². The Labute approximate surface area is 218 Å². The minimum Gasteiger partial charge on any atom is -0.345 e. The summed E-state index contributed by atoms with van der Waals surface area (Å²) in [6.07, 6.45) is 3.57. The van der Waals surface area contributed by atoms with Crippen molar-refractivity contribution >= 4 is 29.3 Å². The standard InChI is InChI=1S/C27H23ClN6OS/c28-24-10-5-4-9-22(24)19-36-27-32-31-25(33(27)18-20-7-2-1-3-8-20)17-29-26(35)21-11-13-23(14-12-21)34-16-6-15-30-34/h1-16H,17-19H2,(H,29,35). The molecule has 0 fully saturated rings. The predicted molar refractivity (Wildman–Crippen MR) is 141 cm³/mol. The summed E-state index contributed by atoms with van der Waals surface area (Å²) in [7, 11) is 0. The molecule has 180 valence electrons. The Balaban J connectivity index is 1.30. The smallest absolute Gasteiger partial charge is 0.251 e. The fourth-order valence-electron chi connectivity index (χ4n) is 3.69. The lowest BCUT2D eigenvalue weighted by molar-refractivity contribution is 0.0949. The number of nitrogens with zero attached hydrogens (tertiary/aromatic N) is 5. The van der Waals surface area contributed by atoms with Gasteiger partial charge in [-0.2, -0.15) is 5.10 Å². The molecule has 0 saturated carbocycles. The number of carbonyl (C=O) groups is 1. The van der Waals surface area contributed by atoms with Crippen LogP contribution < -0.4 is 5.32 Å². The van der Waals surface area contributed by atoms with E-state index in [4.69, 9.17) is 11.6 Å². The highest BCUT2D eigenvalue weighted by Crippen LogP contribution is 2.26. The summed E-state index contributed by atoms with van der Waals surface area (Å²) in [4.78, 5) is 12.8. The zero-order chi connectivity index (χ0) is 24.7. The summed E-state index contributed by atoms with van der Waals surface area (Å²) in [6.45, 7) is 0.856. The highest BCUT2D eigenvalue weighted by atomic mass is 35.5. The Morgan fingerprint density at radius 3 is 2.44 bits per heavy atom. The molecule has 0 aliphatic carbocycles.